The molecule has 0 bridgehead atoms. The predicted octanol–water partition coefficient (Wildman–Crippen LogP) is 2.25. The number of aromatic nitrogens is 4. The largest absolute Gasteiger partial charge is 0.445 e. The van der Waals surface area contributed by atoms with Gasteiger partial charge in [-0.2, -0.15) is 37.8 Å². The van der Waals surface area contributed by atoms with Crippen molar-refractivity contribution in [3.63, 3.8) is 0 Å². The van der Waals surface area contributed by atoms with Gasteiger partial charge in [-0.15, -0.1) is 10.2 Å². The highest BCUT2D eigenvalue weighted by molar-refractivity contribution is 7.89. The van der Waals surface area contributed by atoms with Gasteiger partial charge in [0, 0.05) is 19.0 Å². The first-order chi connectivity index (χ1) is 18.6. The summed E-state index contributed by atoms with van der Waals surface area (Å²) in [6.07, 6.45) is -2.83. The number of anilines is 1. The minimum Gasteiger partial charge on any atom is -0.327 e. The highest BCUT2D eigenvalue weighted by Crippen LogP contribution is 2.41. The lowest BCUT2D eigenvalue weighted by Gasteiger charge is -2.31. The van der Waals surface area contributed by atoms with Crippen molar-refractivity contribution in [2.24, 2.45) is 12.1 Å². The first-order valence-electron chi connectivity index (χ1n) is 11.8. The number of benzene rings is 1. The number of nitrogens with zero attached hydrogens (tertiary/aromatic N) is 8. The molecule has 1 aromatic carbocycles. The average molecular weight is 618 g/mol. The Kier molecular flexibility index (Phi) is 6.60. The van der Waals surface area contributed by atoms with Gasteiger partial charge in [-0.25, -0.2) is 16.8 Å². The Bertz CT molecular complexity index is 1790. The second kappa shape index (κ2) is 9.36. The monoisotopic (exact) mass is 617 g/mol. The van der Waals surface area contributed by atoms with E-state index in [1.807, 2.05) is 6.07 Å². The number of nitrogens with one attached hydrogen (secondary N) is 1. The van der Waals surface area contributed by atoms with E-state index in [4.69, 9.17) is 0 Å². The molecule has 40 heavy (non-hydrogen) atoms. The van der Waals surface area contributed by atoms with Crippen molar-refractivity contribution in [2.45, 2.75) is 48.5 Å². The number of hydrogen-bond acceptors (Lipinski definition) is 11. The molecule has 1 aliphatic heterocycles. The normalized spacial score (nSPS) is 17.6. The molecule has 0 amide bonds. The summed E-state index contributed by atoms with van der Waals surface area (Å²) >= 11 is 0.261. The number of fused-ring (bicyclic) bond motifs is 1. The lowest BCUT2D eigenvalue weighted by Crippen LogP contribution is -2.43. The van der Waals surface area contributed by atoms with E-state index >= 15 is 0 Å². The fraction of sp³-hybridized carbons (Fsp3) is 0.476. The summed E-state index contributed by atoms with van der Waals surface area (Å²) in [4.78, 5) is 1.26. The molecule has 0 atom stereocenters. The topological polar surface area (TPSA) is 167 Å². The van der Waals surface area contributed by atoms with Crippen LogP contribution in [0.2, 0.25) is 0 Å². The molecular formula is C21H22F3N9O4S3. The molecule has 1 saturated carbocycles. The molecule has 2 aliphatic rings. The highest BCUT2D eigenvalue weighted by Gasteiger charge is 2.47. The smallest absolute Gasteiger partial charge is 0.327 e. The fourth-order valence-corrected chi connectivity index (χ4v) is 7.19. The molecule has 1 N–H and O–H groups in total. The average Bonchev–Trinajstić information content (AvgIpc) is 3.30. The molecule has 5 rings (SSSR count). The summed E-state index contributed by atoms with van der Waals surface area (Å²) in [6, 6.07) is 4.53. The van der Waals surface area contributed by atoms with E-state index < -0.39 is 42.0 Å². The highest BCUT2D eigenvalue weighted by atomic mass is 32.2. The number of halogens is 3. The Morgan fingerprint density at radius 2 is 1.85 bits per heavy atom. The van der Waals surface area contributed by atoms with Crippen molar-refractivity contribution in [3.05, 3.63) is 17.1 Å². The molecule has 1 fully saturated rings. The van der Waals surface area contributed by atoms with E-state index in [1.165, 1.54) is 48.9 Å². The lowest BCUT2D eigenvalue weighted by molar-refractivity contribution is -0.138. The van der Waals surface area contributed by atoms with E-state index in [0.717, 1.165) is 4.41 Å². The molecule has 13 nitrogen and oxygen atoms in total. The van der Waals surface area contributed by atoms with Crippen molar-refractivity contribution in [3.8, 4) is 16.8 Å². The lowest BCUT2D eigenvalue weighted by atomic mass is 10.1. The predicted molar refractivity (Wildman–Crippen MR) is 139 cm³/mol. The Balaban J connectivity index is 1.67. The second-order valence-electron chi connectivity index (χ2n) is 9.58. The summed E-state index contributed by atoms with van der Waals surface area (Å²) in [5, 5.41) is 22.7. The van der Waals surface area contributed by atoms with Gasteiger partial charge in [0.2, 0.25) is 15.0 Å². The number of aryl methyl sites for hydroxylation is 1. The van der Waals surface area contributed by atoms with Crippen LogP contribution < -0.4 is 9.62 Å². The third-order valence-electron chi connectivity index (χ3n) is 6.42. The van der Waals surface area contributed by atoms with Gasteiger partial charge in [-0.1, -0.05) is 11.3 Å². The maximum absolute atomic E-state index is 13.4. The van der Waals surface area contributed by atoms with Gasteiger partial charge in [0.15, 0.2) is 5.01 Å². The van der Waals surface area contributed by atoms with Gasteiger partial charge >= 0.3 is 6.18 Å². The molecule has 19 heteroatoms. The first kappa shape index (κ1) is 28.2. The third kappa shape index (κ3) is 4.88. The van der Waals surface area contributed by atoms with Crippen LogP contribution in [-0.2, 0) is 33.3 Å². The summed E-state index contributed by atoms with van der Waals surface area (Å²) in [5.41, 5.74) is -0.661. The van der Waals surface area contributed by atoms with Gasteiger partial charge in [-0.3, -0.25) is 4.68 Å². The fourth-order valence-electron chi connectivity index (χ4n) is 4.06. The summed E-state index contributed by atoms with van der Waals surface area (Å²) < 4.78 is 96.2. The molecule has 0 spiro atoms. The van der Waals surface area contributed by atoms with Crippen molar-refractivity contribution in [2.75, 3.05) is 18.0 Å². The molecule has 2 aromatic heterocycles. The Labute approximate surface area is 231 Å². The zero-order valence-corrected chi connectivity index (χ0v) is 23.7. The number of hydrogen-bond donors (Lipinski definition) is 1. The van der Waals surface area contributed by atoms with Crippen LogP contribution >= 0.6 is 11.3 Å². The number of hydrazone groups is 1. The Morgan fingerprint density at radius 3 is 2.38 bits per heavy atom. The SMILES string of the molecule is CC(C)S(=O)(=O)N1CCN(c2cc(S(=O)(=O)NC3(C#N)CC3)cc3c(-c4nnc(C(F)(F)F)s4)nn(C)c23)C=N1. The van der Waals surface area contributed by atoms with Crippen molar-refractivity contribution >= 4 is 54.3 Å². The van der Waals surface area contributed by atoms with Gasteiger partial charge in [0.1, 0.15) is 17.6 Å². The number of nitriles is 1. The number of alkyl halides is 3. The Morgan fingerprint density at radius 1 is 1.15 bits per heavy atom. The summed E-state index contributed by atoms with van der Waals surface area (Å²) in [5.74, 6) is 0. The summed E-state index contributed by atoms with van der Waals surface area (Å²) in [7, 11) is -6.44. The van der Waals surface area contributed by atoms with Crippen LogP contribution in [0.4, 0.5) is 18.9 Å². The third-order valence-corrected chi connectivity index (χ3v) is 11.0. The van der Waals surface area contributed by atoms with E-state index in [-0.39, 0.29) is 51.1 Å². The standard InChI is InChI=1S/C21H22F3N9O4S3/c1-12(2)40(36,37)33-7-6-32(11-26-33)15-9-13(39(34,35)30-20(10-25)4-5-20)8-14-16(29-31(3)17(14)15)18-27-28-19(38-18)21(22,23)24/h8-9,11-12,30H,4-7H2,1-3H3. The second-order valence-corrected chi connectivity index (χ2v) is 14.6. The minimum absolute atomic E-state index is 0.0248. The molecule has 3 heterocycles. The number of sulfonamides is 2. The van der Waals surface area contributed by atoms with Crippen LogP contribution in [0.25, 0.3) is 21.6 Å². The van der Waals surface area contributed by atoms with E-state index in [2.05, 4.69) is 25.1 Å². The van der Waals surface area contributed by atoms with Crippen LogP contribution in [-0.4, -0.2) is 71.4 Å². The van der Waals surface area contributed by atoms with E-state index in [0.29, 0.717) is 18.4 Å². The van der Waals surface area contributed by atoms with E-state index in [1.54, 1.807) is 0 Å². The van der Waals surface area contributed by atoms with Gasteiger partial charge in [-0.05, 0) is 38.8 Å². The Hall–Kier alpha value is -3.34. The zero-order chi connectivity index (χ0) is 29.3. The molecule has 1 aliphatic carbocycles. The van der Waals surface area contributed by atoms with Crippen LogP contribution in [0, 0.1) is 11.3 Å². The molecule has 3 aromatic rings. The van der Waals surface area contributed by atoms with Crippen molar-refractivity contribution in [1.82, 2.24) is 29.1 Å². The van der Waals surface area contributed by atoms with Crippen LogP contribution in [0.1, 0.15) is 31.7 Å². The van der Waals surface area contributed by atoms with E-state index in [9.17, 15) is 35.3 Å². The minimum atomic E-state index is -4.73. The van der Waals surface area contributed by atoms with Gasteiger partial charge in [0.05, 0.1) is 34.0 Å². The zero-order valence-electron chi connectivity index (χ0n) is 21.2. The maximum Gasteiger partial charge on any atom is 0.445 e. The molecule has 0 saturated heterocycles. The van der Waals surface area contributed by atoms with Crippen LogP contribution in [0.15, 0.2) is 22.1 Å². The number of rotatable bonds is 7. The molecule has 0 radical (unpaired) electrons. The molecule has 214 valence electrons. The first-order valence-corrected chi connectivity index (χ1v) is 15.6. The molecular weight excluding hydrogens is 595 g/mol. The molecule has 0 unspecified atom stereocenters. The quantitative estimate of drug-likeness (QED) is 0.418. The van der Waals surface area contributed by atoms with Crippen molar-refractivity contribution < 1.29 is 30.0 Å². The van der Waals surface area contributed by atoms with Crippen LogP contribution in [0.3, 0.4) is 0 Å². The van der Waals surface area contributed by atoms with Crippen molar-refractivity contribution in [1.29, 1.82) is 5.26 Å². The van der Waals surface area contributed by atoms with Gasteiger partial charge in [0.25, 0.3) is 10.0 Å². The maximum atomic E-state index is 13.4. The van der Waals surface area contributed by atoms with Crippen LogP contribution in [0.5, 0.6) is 0 Å². The summed E-state index contributed by atoms with van der Waals surface area (Å²) in [6.45, 7) is 3.08. The van der Waals surface area contributed by atoms with Gasteiger partial charge < -0.3 is 4.90 Å².